The van der Waals surface area contributed by atoms with Crippen molar-refractivity contribution in [3.05, 3.63) is 47.5 Å². The van der Waals surface area contributed by atoms with Crippen LogP contribution in [-0.4, -0.2) is 105 Å². The fourth-order valence-electron chi connectivity index (χ4n) is 5.73. The predicted molar refractivity (Wildman–Crippen MR) is 149 cm³/mol. The minimum absolute atomic E-state index is 0.206. The molecule has 4 aliphatic rings. The Morgan fingerprint density at radius 3 is 2.43 bits per heavy atom. The van der Waals surface area contributed by atoms with Gasteiger partial charge in [0, 0.05) is 77.5 Å². The third kappa shape index (κ3) is 8.11. The van der Waals surface area contributed by atoms with Crippen molar-refractivity contribution in [2.45, 2.75) is 63.9 Å². The minimum atomic E-state index is 0.206. The van der Waals surface area contributed by atoms with Crippen LogP contribution in [0.25, 0.3) is 0 Å². The molecule has 1 atom stereocenters. The van der Waals surface area contributed by atoms with Crippen LogP contribution in [0.5, 0.6) is 0 Å². The maximum atomic E-state index is 12.7. The molecule has 0 bridgehead atoms. The average Bonchev–Trinajstić information content (AvgIpc) is 2.95. The normalized spacial score (nSPS) is 23.0. The van der Waals surface area contributed by atoms with Gasteiger partial charge in [-0.15, -0.1) is 0 Å². The van der Waals surface area contributed by atoms with Gasteiger partial charge in [-0.1, -0.05) is 37.5 Å². The first-order valence-corrected chi connectivity index (χ1v) is 14.5. The second-order valence-electron chi connectivity index (χ2n) is 10.7. The van der Waals surface area contributed by atoms with Crippen molar-refractivity contribution < 1.29 is 14.3 Å². The largest absolute Gasteiger partial charge is 0.499 e. The van der Waals surface area contributed by atoms with Gasteiger partial charge < -0.3 is 29.1 Å². The number of likely N-dealkylation sites (N-methyl/N-ethyl adjacent to an activating group) is 1. The number of nitrogens with zero attached hydrogens (tertiary/aromatic N) is 4. The van der Waals surface area contributed by atoms with Gasteiger partial charge in [0.1, 0.15) is 11.9 Å². The fourth-order valence-corrected chi connectivity index (χ4v) is 5.73. The molecule has 0 N–H and O–H groups in total. The highest BCUT2D eigenvalue weighted by Crippen LogP contribution is 2.24. The third-order valence-corrected chi connectivity index (χ3v) is 8.12. The number of amides is 1. The highest BCUT2D eigenvalue weighted by atomic mass is 16.5. The summed E-state index contributed by atoms with van der Waals surface area (Å²) in [6.45, 7) is 8.65. The molecule has 0 radical (unpaired) electrons. The molecule has 7 nitrogen and oxygen atoms in total. The maximum Gasteiger partial charge on any atom is 0.222 e. The van der Waals surface area contributed by atoms with Crippen molar-refractivity contribution in [2.24, 2.45) is 0 Å². The summed E-state index contributed by atoms with van der Waals surface area (Å²) in [5, 5.41) is 0. The average molecular weight is 513 g/mol. The van der Waals surface area contributed by atoms with Gasteiger partial charge in [-0.3, -0.25) is 4.79 Å². The van der Waals surface area contributed by atoms with E-state index in [2.05, 4.69) is 52.1 Å². The van der Waals surface area contributed by atoms with E-state index >= 15 is 0 Å². The summed E-state index contributed by atoms with van der Waals surface area (Å²) < 4.78 is 11.9. The van der Waals surface area contributed by atoms with Crippen molar-refractivity contribution in [3.63, 3.8) is 0 Å². The minimum Gasteiger partial charge on any atom is -0.499 e. The van der Waals surface area contributed by atoms with E-state index in [1.807, 2.05) is 4.90 Å². The summed E-state index contributed by atoms with van der Waals surface area (Å²) in [5.41, 5.74) is 2.57. The van der Waals surface area contributed by atoms with Crippen LogP contribution >= 0.6 is 0 Å². The number of methoxy groups -OCH3 is 1. The van der Waals surface area contributed by atoms with Crippen LogP contribution in [0.1, 0.15) is 57.8 Å². The molecule has 4 rings (SSSR count). The number of carbonyl (C=O) groups excluding carboxylic acids is 1. The van der Waals surface area contributed by atoms with Crippen LogP contribution in [-0.2, 0) is 14.3 Å². The van der Waals surface area contributed by atoms with E-state index in [0.717, 1.165) is 103 Å². The molecule has 2 saturated heterocycles. The van der Waals surface area contributed by atoms with Crippen LogP contribution in [0, 0.1) is 0 Å². The number of piperazine rings is 2. The molecule has 37 heavy (non-hydrogen) atoms. The van der Waals surface area contributed by atoms with Crippen LogP contribution in [0.15, 0.2) is 47.5 Å². The summed E-state index contributed by atoms with van der Waals surface area (Å²) in [6, 6.07) is 0. The number of hydrogen-bond donors (Lipinski definition) is 0. The Kier molecular flexibility index (Phi) is 11.0. The number of unbranched alkanes of at least 4 members (excludes halogenated alkanes) is 4. The molecular formula is C30H48N4O3. The zero-order valence-corrected chi connectivity index (χ0v) is 23.2. The zero-order chi connectivity index (χ0) is 25.9. The van der Waals surface area contributed by atoms with E-state index in [1.165, 1.54) is 24.2 Å². The maximum absolute atomic E-state index is 12.7. The van der Waals surface area contributed by atoms with Gasteiger partial charge in [0.05, 0.1) is 12.8 Å². The van der Waals surface area contributed by atoms with Gasteiger partial charge >= 0.3 is 0 Å². The lowest BCUT2D eigenvalue weighted by Gasteiger charge is -2.38. The number of rotatable bonds is 12. The molecule has 0 spiro atoms. The smallest absolute Gasteiger partial charge is 0.222 e. The van der Waals surface area contributed by atoms with E-state index in [-0.39, 0.29) is 6.10 Å². The standard InChI is InChI=1S/C30H48N4O3/c1-31-17-19-32(20-18-31)27-13-8-10-15-29(27)37-25-11-5-3-4-6-16-30(35)34-23-21-33(22-24-34)26-12-7-9-14-28(26)36-2/h7-8,10,12-13,29H,3-6,9,11,14-25H2,1-2H3. The molecule has 2 aliphatic heterocycles. The molecule has 0 aromatic carbocycles. The zero-order valence-electron chi connectivity index (χ0n) is 23.2. The molecule has 0 aromatic heterocycles. The Morgan fingerprint density at radius 2 is 1.65 bits per heavy atom. The molecule has 206 valence electrons. The first-order chi connectivity index (χ1) is 18.2. The second-order valence-corrected chi connectivity index (χ2v) is 10.7. The summed E-state index contributed by atoms with van der Waals surface area (Å²) in [6.07, 6.45) is 20.5. The van der Waals surface area contributed by atoms with Crippen molar-refractivity contribution in [1.82, 2.24) is 19.6 Å². The van der Waals surface area contributed by atoms with E-state index < -0.39 is 0 Å². The lowest BCUT2D eigenvalue weighted by molar-refractivity contribution is -0.132. The van der Waals surface area contributed by atoms with Crippen LogP contribution < -0.4 is 0 Å². The lowest BCUT2D eigenvalue weighted by atomic mass is 10.1. The Labute approximate surface area is 224 Å². The number of ether oxygens (including phenoxy) is 2. The highest BCUT2D eigenvalue weighted by Gasteiger charge is 2.25. The van der Waals surface area contributed by atoms with E-state index in [9.17, 15) is 4.79 Å². The first kappa shape index (κ1) is 27.8. The Bertz CT molecular complexity index is 849. The predicted octanol–water partition coefficient (Wildman–Crippen LogP) is 4.16. The molecule has 2 aliphatic carbocycles. The van der Waals surface area contributed by atoms with Crippen LogP contribution in [0.3, 0.4) is 0 Å². The van der Waals surface area contributed by atoms with Gasteiger partial charge in [0.25, 0.3) is 0 Å². The van der Waals surface area contributed by atoms with Gasteiger partial charge in [0.15, 0.2) is 0 Å². The summed E-state index contributed by atoms with van der Waals surface area (Å²) in [4.78, 5) is 22.0. The molecule has 1 amide bonds. The molecule has 1 unspecified atom stereocenters. The number of carbonyl (C=O) groups is 1. The Balaban J connectivity index is 1.04. The number of allylic oxidation sites excluding steroid dienone is 5. The lowest BCUT2D eigenvalue weighted by Crippen LogP contribution is -2.48. The molecule has 2 fully saturated rings. The van der Waals surface area contributed by atoms with Crippen LogP contribution in [0.4, 0.5) is 0 Å². The van der Waals surface area contributed by atoms with Gasteiger partial charge in [-0.25, -0.2) is 0 Å². The fraction of sp³-hybridized carbons (Fsp3) is 0.700. The van der Waals surface area contributed by atoms with Crippen molar-refractivity contribution >= 4 is 5.91 Å². The quantitative estimate of drug-likeness (QED) is 0.366. The van der Waals surface area contributed by atoms with Crippen molar-refractivity contribution in [1.29, 1.82) is 0 Å². The molecule has 0 saturated carbocycles. The van der Waals surface area contributed by atoms with Gasteiger partial charge in [0.2, 0.25) is 5.91 Å². The topological polar surface area (TPSA) is 48.5 Å². The third-order valence-electron chi connectivity index (χ3n) is 8.12. The SMILES string of the molecule is COC1=C(N2CCN(C(=O)CCCCCCCOC3CC=CC=C3N3CCN(C)CC3)CC2)C=CCC1. The molecule has 0 aromatic rings. The number of hydrogen-bond acceptors (Lipinski definition) is 6. The van der Waals surface area contributed by atoms with Crippen molar-refractivity contribution in [3.8, 4) is 0 Å². The second kappa shape index (κ2) is 14.6. The van der Waals surface area contributed by atoms with E-state index in [4.69, 9.17) is 9.47 Å². The molecule has 2 heterocycles. The summed E-state index contributed by atoms with van der Waals surface area (Å²) in [5.74, 6) is 1.40. The highest BCUT2D eigenvalue weighted by molar-refractivity contribution is 5.76. The first-order valence-electron chi connectivity index (χ1n) is 14.5. The Hall–Kier alpha value is -2.25. The van der Waals surface area contributed by atoms with Gasteiger partial charge in [-0.2, -0.15) is 0 Å². The van der Waals surface area contributed by atoms with E-state index in [1.54, 1.807) is 7.11 Å². The summed E-state index contributed by atoms with van der Waals surface area (Å²) >= 11 is 0. The Morgan fingerprint density at radius 1 is 0.919 bits per heavy atom. The van der Waals surface area contributed by atoms with Crippen LogP contribution in [0.2, 0.25) is 0 Å². The van der Waals surface area contributed by atoms with E-state index in [0.29, 0.717) is 12.3 Å². The molecular weight excluding hydrogens is 464 g/mol. The summed E-state index contributed by atoms with van der Waals surface area (Å²) in [7, 11) is 3.96. The van der Waals surface area contributed by atoms with Gasteiger partial charge in [-0.05, 0) is 44.9 Å². The monoisotopic (exact) mass is 512 g/mol. The molecule has 7 heteroatoms. The van der Waals surface area contributed by atoms with Crippen molar-refractivity contribution in [2.75, 3.05) is 73.1 Å².